The lowest BCUT2D eigenvalue weighted by Gasteiger charge is -2.36. The van der Waals surface area contributed by atoms with E-state index >= 15 is 0 Å². The lowest BCUT2D eigenvalue weighted by molar-refractivity contribution is -0.170. The minimum atomic E-state index is -0.618. The predicted octanol–water partition coefficient (Wildman–Crippen LogP) is 5.68. The Labute approximate surface area is 238 Å². The molecular weight excluding hydrogens is 528 g/mol. The maximum Gasteiger partial charge on any atom is 0.254 e. The zero-order chi connectivity index (χ0) is 27.7. The molecule has 8 nitrogen and oxygen atoms in total. The Hall–Kier alpha value is -3.33. The molecule has 0 spiro atoms. The molecule has 4 aromatic rings. The first-order chi connectivity index (χ1) is 19.5. The van der Waals surface area contributed by atoms with E-state index in [0.717, 1.165) is 59.0 Å². The van der Waals surface area contributed by atoms with Crippen LogP contribution < -0.4 is 10.3 Å². The third kappa shape index (κ3) is 5.36. The molecule has 40 heavy (non-hydrogen) atoms. The fraction of sp³-hybridized carbons (Fsp3) is 0.419. The molecule has 4 heterocycles. The molecule has 2 unspecified atom stereocenters. The van der Waals surface area contributed by atoms with Crippen molar-refractivity contribution >= 4 is 22.5 Å². The monoisotopic (exact) mass is 560 g/mol. The van der Waals surface area contributed by atoms with Gasteiger partial charge in [-0.15, -0.1) is 0 Å². The molecule has 0 amide bonds. The third-order valence-corrected chi connectivity index (χ3v) is 8.21. The van der Waals surface area contributed by atoms with Gasteiger partial charge in [0.15, 0.2) is 6.29 Å². The van der Waals surface area contributed by atoms with Gasteiger partial charge >= 0.3 is 0 Å². The molecule has 1 aliphatic carbocycles. The summed E-state index contributed by atoms with van der Waals surface area (Å²) in [5.41, 5.74) is 3.50. The van der Waals surface area contributed by atoms with Crippen molar-refractivity contribution in [1.29, 1.82) is 0 Å². The lowest BCUT2D eigenvalue weighted by atomic mass is 9.73. The smallest absolute Gasteiger partial charge is 0.254 e. The Morgan fingerprint density at radius 1 is 1.15 bits per heavy atom. The molecular formula is C31H33ClN4O4. The van der Waals surface area contributed by atoms with Gasteiger partial charge in [-0.05, 0) is 72.5 Å². The summed E-state index contributed by atoms with van der Waals surface area (Å²) in [6.07, 6.45) is 11.4. The van der Waals surface area contributed by atoms with Gasteiger partial charge in [0.1, 0.15) is 5.75 Å². The largest absolute Gasteiger partial charge is 0.496 e. The zero-order valence-corrected chi connectivity index (χ0v) is 23.6. The van der Waals surface area contributed by atoms with E-state index in [1.165, 1.54) is 18.9 Å². The van der Waals surface area contributed by atoms with Crippen LogP contribution in [0.2, 0.25) is 5.28 Å². The van der Waals surface area contributed by atoms with Crippen LogP contribution in [0.1, 0.15) is 49.8 Å². The number of hydrogen-bond donors (Lipinski definition) is 0. The Balaban J connectivity index is 1.56. The van der Waals surface area contributed by atoms with Crippen molar-refractivity contribution in [1.82, 2.24) is 19.5 Å². The number of methoxy groups -OCH3 is 1. The molecule has 2 fully saturated rings. The van der Waals surface area contributed by atoms with Crippen molar-refractivity contribution in [2.24, 2.45) is 13.0 Å². The molecule has 0 bridgehead atoms. The van der Waals surface area contributed by atoms with Gasteiger partial charge in [0.2, 0.25) is 5.28 Å². The Morgan fingerprint density at radius 2 is 2.02 bits per heavy atom. The first-order valence-electron chi connectivity index (χ1n) is 13.8. The number of ether oxygens (including phenoxy) is 3. The number of fused-ring (bicyclic) bond motifs is 1. The standard InChI is InChI=1S/C31H33ClN4O4/c1-36-18-24(26(38-2)15-27(36)37)21-10-11-25-23(14-21)29(35-30(32)34-25)31(16-20-8-9-20,22-6-5-12-33-17-22)19-40-28-7-3-4-13-39-28/h5-6,10-12,14-15,17-18,20,28H,3-4,7-9,13,16,19H2,1-2H3. The highest BCUT2D eigenvalue weighted by Gasteiger charge is 2.44. The molecule has 6 rings (SSSR count). The quantitative estimate of drug-likeness (QED) is 0.243. The highest BCUT2D eigenvalue weighted by molar-refractivity contribution is 6.28. The summed E-state index contributed by atoms with van der Waals surface area (Å²) in [7, 11) is 3.30. The summed E-state index contributed by atoms with van der Waals surface area (Å²) in [6.45, 7) is 1.09. The summed E-state index contributed by atoms with van der Waals surface area (Å²) >= 11 is 6.60. The van der Waals surface area contributed by atoms with Crippen LogP contribution in [0.15, 0.2) is 59.8 Å². The number of aryl methyl sites for hydroxylation is 1. The second-order valence-corrected chi connectivity index (χ2v) is 11.2. The Bertz CT molecular complexity index is 1570. The van der Waals surface area contributed by atoms with Gasteiger partial charge < -0.3 is 18.8 Å². The van der Waals surface area contributed by atoms with E-state index in [2.05, 4.69) is 22.1 Å². The van der Waals surface area contributed by atoms with Gasteiger partial charge in [0.25, 0.3) is 5.56 Å². The topological polar surface area (TPSA) is 88.4 Å². The average Bonchev–Trinajstić information content (AvgIpc) is 3.81. The molecule has 1 aromatic carbocycles. The number of rotatable bonds is 9. The van der Waals surface area contributed by atoms with E-state index in [-0.39, 0.29) is 17.1 Å². The molecule has 208 valence electrons. The van der Waals surface area contributed by atoms with Crippen molar-refractivity contribution in [2.75, 3.05) is 20.3 Å². The summed E-state index contributed by atoms with van der Waals surface area (Å²) in [5.74, 6) is 1.06. The van der Waals surface area contributed by atoms with Crippen LogP contribution in [0.3, 0.4) is 0 Å². The van der Waals surface area contributed by atoms with Gasteiger partial charge in [0, 0.05) is 49.3 Å². The van der Waals surface area contributed by atoms with Crippen molar-refractivity contribution < 1.29 is 14.2 Å². The number of pyridine rings is 2. The number of nitrogens with zero attached hydrogens (tertiary/aromatic N) is 4. The predicted molar refractivity (Wildman–Crippen MR) is 154 cm³/mol. The third-order valence-electron chi connectivity index (χ3n) is 8.04. The van der Waals surface area contributed by atoms with Crippen molar-refractivity contribution in [3.05, 3.63) is 81.9 Å². The van der Waals surface area contributed by atoms with Crippen LogP contribution in [-0.2, 0) is 21.9 Å². The highest BCUT2D eigenvalue weighted by Crippen LogP contribution is 2.48. The van der Waals surface area contributed by atoms with Crippen LogP contribution in [-0.4, -0.2) is 46.1 Å². The van der Waals surface area contributed by atoms with Crippen LogP contribution in [0.5, 0.6) is 5.75 Å². The first-order valence-corrected chi connectivity index (χ1v) is 14.2. The number of aromatic nitrogens is 4. The van der Waals surface area contributed by atoms with Gasteiger partial charge in [-0.3, -0.25) is 9.78 Å². The second-order valence-electron chi connectivity index (χ2n) is 10.9. The molecule has 1 saturated heterocycles. The molecule has 2 aliphatic rings. The van der Waals surface area contributed by atoms with E-state index in [1.54, 1.807) is 31.1 Å². The maximum absolute atomic E-state index is 12.3. The van der Waals surface area contributed by atoms with Gasteiger partial charge in [-0.1, -0.05) is 25.0 Å². The highest BCUT2D eigenvalue weighted by atomic mass is 35.5. The lowest BCUT2D eigenvalue weighted by Crippen LogP contribution is -2.38. The molecule has 0 radical (unpaired) electrons. The van der Waals surface area contributed by atoms with E-state index in [0.29, 0.717) is 24.9 Å². The van der Waals surface area contributed by atoms with Crippen molar-refractivity contribution in [3.63, 3.8) is 0 Å². The molecule has 0 N–H and O–H groups in total. The second kappa shape index (κ2) is 11.3. The molecule has 1 aliphatic heterocycles. The summed E-state index contributed by atoms with van der Waals surface area (Å²) in [4.78, 5) is 26.3. The van der Waals surface area contributed by atoms with E-state index in [1.807, 2.05) is 24.4 Å². The zero-order valence-electron chi connectivity index (χ0n) is 22.8. The number of hydrogen-bond acceptors (Lipinski definition) is 7. The molecule has 1 saturated carbocycles. The number of benzene rings is 1. The van der Waals surface area contributed by atoms with Gasteiger partial charge in [-0.25, -0.2) is 9.97 Å². The van der Waals surface area contributed by atoms with Gasteiger partial charge in [-0.2, -0.15) is 0 Å². The summed E-state index contributed by atoms with van der Waals surface area (Å²) < 4.78 is 19.6. The van der Waals surface area contributed by atoms with E-state index < -0.39 is 5.41 Å². The average molecular weight is 561 g/mol. The molecule has 2 atom stereocenters. The van der Waals surface area contributed by atoms with Crippen LogP contribution in [0.4, 0.5) is 0 Å². The molecule has 3 aromatic heterocycles. The van der Waals surface area contributed by atoms with Crippen LogP contribution in [0, 0.1) is 5.92 Å². The minimum absolute atomic E-state index is 0.140. The normalized spacial score (nSPS) is 18.9. The fourth-order valence-electron chi connectivity index (χ4n) is 5.73. The van der Waals surface area contributed by atoms with Crippen molar-refractivity contribution in [3.8, 4) is 16.9 Å². The van der Waals surface area contributed by atoms with E-state index in [9.17, 15) is 4.79 Å². The minimum Gasteiger partial charge on any atom is -0.496 e. The first kappa shape index (κ1) is 26.9. The van der Waals surface area contributed by atoms with E-state index in [4.69, 9.17) is 30.8 Å². The molecule has 9 heteroatoms. The maximum atomic E-state index is 12.3. The summed E-state index contributed by atoms with van der Waals surface area (Å²) in [6, 6.07) is 11.5. The van der Waals surface area contributed by atoms with Crippen LogP contribution >= 0.6 is 11.6 Å². The van der Waals surface area contributed by atoms with Gasteiger partial charge in [0.05, 0.1) is 30.3 Å². The van der Waals surface area contributed by atoms with Crippen LogP contribution in [0.25, 0.3) is 22.0 Å². The summed E-state index contributed by atoms with van der Waals surface area (Å²) in [5, 5.41) is 1.06. The Kier molecular flexibility index (Phi) is 7.57. The SMILES string of the molecule is COc1cc(=O)n(C)cc1-c1ccc2nc(Cl)nc(C(COC3CCCCO3)(CC3CC3)c3cccnc3)c2c1. The van der Waals surface area contributed by atoms with Crippen molar-refractivity contribution in [2.45, 2.75) is 50.2 Å². The fourth-order valence-corrected chi connectivity index (χ4v) is 5.91. The number of halogens is 1. The Morgan fingerprint density at radius 3 is 2.75 bits per heavy atom.